The molecule has 2 bridgehead atoms. The van der Waals surface area contributed by atoms with Crippen LogP contribution in [-0.2, 0) is 6.54 Å². The van der Waals surface area contributed by atoms with Gasteiger partial charge in [0.1, 0.15) is 17.0 Å². The van der Waals surface area contributed by atoms with E-state index in [1.54, 1.807) is 12.0 Å². The average Bonchev–Trinajstić information content (AvgIpc) is 3.33. The Morgan fingerprint density at radius 3 is 2.60 bits per heavy atom. The summed E-state index contributed by atoms with van der Waals surface area (Å²) in [5.74, 6) is 1.13. The van der Waals surface area contributed by atoms with Crippen LogP contribution in [0.2, 0.25) is 0 Å². The van der Waals surface area contributed by atoms with Crippen LogP contribution in [0.1, 0.15) is 66.8 Å². The summed E-state index contributed by atoms with van der Waals surface area (Å²) >= 11 is 0. The molecule has 4 aliphatic rings. The number of aliphatic hydroxyl groups is 1. The van der Waals surface area contributed by atoms with Crippen molar-refractivity contribution in [3.8, 4) is 17.3 Å². The lowest BCUT2D eigenvalue weighted by atomic mass is 9.97. The number of β-amino-alcohol motifs (C(OH)–C–C–N with tert-alkyl or cyclic N) is 1. The summed E-state index contributed by atoms with van der Waals surface area (Å²) < 4.78 is 10.1. The average molecular weight is 613 g/mol. The molecule has 45 heavy (non-hydrogen) atoms. The van der Waals surface area contributed by atoms with Crippen LogP contribution in [0, 0.1) is 12.8 Å². The first kappa shape index (κ1) is 28.3. The Morgan fingerprint density at radius 2 is 1.93 bits per heavy atom. The molecule has 4 fully saturated rings. The summed E-state index contributed by atoms with van der Waals surface area (Å²) in [5, 5.41) is 13.6. The Bertz CT molecular complexity index is 1840. The number of carbonyl (C=O) groups excluding carboxylic acids is 2. The van der Waals surface area contributed by atoms with Gasteiger partial charge in [-0.25, -0.2) is 14.8 Å². The number of aliphatic hydroxyl groups excluding tert-OH is 1. The van der Waals surface area contributed by atoms with Crippen LogP contribution in [0.5, 0.6) is 5.88 Å². The topological polar surface area (TPSA) is 143 Å². The second kappa shape index (κ2) is 10.4. The standard InChI is InChI=1S/C33H40N8O4/c1-17(35-33(44)38-15-23(42)16-38)25-8-6-20-10-27(39(31(20)36-25)14-19-4-5-19)30-18(2)40-28(37-30)11-21(12-29(40)45-3)32(43)41-22-7-9-26(41)24(34)13-22/h6,8,10-12,17,19,22-24,26,42H,4-5,7,9,13-16,34H2,1-3H3,(H,35,44)/t17-,22+,24-,26-/m1/s1. The van der Waals surface area contributed by atoms with Gasteiger partial charge in [-0.2, -0.15) is 0 Å². The minimum Gasteiger partial charge on any atom is -0.482 e. The molecule has 8 rings (SSSR count). The van der Waals surface area contributed by atoms with Crippen molar-refractivity contribution in [2.75, 3.05) is 20.2 Å². The van der Waals surface area contributed by atoms with Crippen LogP contribution in [0.4, 0.5) is 4.79 Å². The highest BCUT2D eigenvalue weighted by Crippen LogP contribution is 2.40. The molecule has 0 unspecified atom stereocenters. The molecule has 4 aromatic rings. The zero-order chi connectivity index (χ0) is 31.1. The van der Waals surface area contributed by atoms with E-state index in [1.807, 2.05) is 41.3 Å². The van der Waals surface area contributed by atoms with Crippen molar-refractivity contribution >= 4 is 28.6 Å². The maximum Gasteiger partial charge on any atom is 0.318 e. The van der Waals surface area contributed by atoms with Crippen molar-refractivity contribution in [2.24, 2.45) is 11.7 Å². The highest BCUT2D eigenvalue weighted by molar-refractivity contribution is 5.97. The number of nitrogens with zero attached hydrogens (tertiary/aromatic N) is 6. The number of nitrogens with two attached hydrogens (primary N) is 1. The number of likely N-dealkylation sites (tertiary alicyclic amines) is 1. The van der Waals surface area contributed by atoms with E-state index in [1.165, 1.54) is 12.8 Å². The van der Waals surface area contributed by atoms with Gasteiger partial charge in [0.25, 0.3) is 5.91 Å². The molecule has 1 aliphatic carbocycles. The number of hydrogen-bond acceptors (Lipinski definition) is 7. The minimum absolute atomic E-state index is 0.00970. The summed E-state index contributed by atoms with van der Waals surface area (Å²) in [7, 11) is 1.62. The third-order valence-corrected chi connectivity index (χ3v) is 10.3. The van der Waals surface area contributed by atoms with Crippen LogP contribution in [0.15, 0.2) is 30.3 Å². The molecular weight excluding hydrogens is 572 g/mol. The molecule has 4 N–H and O–H groups in total. The molecule has 4 aromatic heterocycles. The van der Waals surface area contributed by atoms with E-state index in [4.69, 9.17) is 20.4 Å². The minimum atomic E-state index is -0.446. The molecule has 3 amide bonds. The van der Waals surface area contributed by atoms with E-state index >= 15 is 0 Å². The largest absolute Gasteiger partial charge is 0.482 e. The molecule has 12 heteroatoms. The third-order valence-electron chi connectivity index (χ3n) is 10.3. The van der Waals surface area contributed by atoms with E-state index in [9.17, 15) is 14.7 Å². The van der Waals surface area contributed by atoms with Gasteiger partial charge >= 0.3 is 6.03 Å². The normalized spacial score (nSPS) is 23.6. The summed E-state index contributed by atoms with van der Waals surface area (Å²) in [6.45, 7) is 5.49. The predicted molar refractivity (Wildman–Crippen MR) is 168 cm³/mol. The number of rotatable bonds is 7. The van der Waals surface area contributed by atoms with E-state index in [-0.39, 0.29) is 36.1 Å². The zero-order valence-corrected chi connectivity index (χ0v) is 25.9. The number of aromatic nitrogens is 4. The van der Waals surface area contributed by atoms with Gasteiger partial charge in [0, 0.05) is 41.7 Å². The summed E-state index contributed by atoms with van der Waals surface area (Å²) in [6.07, 6.45) is 4.73. The SMILES string of the molecule is COc1cc(C(=O)N2[C@H]3CC[C@@H]2[C@H](N)C3)cc2nc(-c3cc4ccc([C@@H](C)NC(=O)N5CC(O)C5)nc4n3CC3CC3)c(C)n12. The van der Waals surface area contributed by atoms with E-state index in [2.05, 4.69) is 22.0 Å². The molecule has 4 atom stereocenters. The molecule has 236 valence electrons. The molecular formula is C33H40N8O4. The number of methoxy groups -OCH3 is 1. The lowest BCUT2D eigenvalue weighted by molar-refractivity contribution is 0.0259. The molecule has 0 aromatic carbocycles. The number of fused-ring (bicyclic) bond motifs is 4. The lowest BCUT2D eigenvalue weighted by Crippen LogP contribution is -2.56. The van der Waals surface area contributed by atoms with Crippen molar-refractivity contribution in [2.45, 2.75) is 82.8 Å². The van der Waals surface area contributed by atoms with Crippen molar-refractivity contribution in [1.29, 1.82) is 0 Å². The summed E-state index contributed by atoms with van der Waals surface area (Å²) in [5.41, 5.74) is 11.9. The summed E-state index contributed by atoms with van der Waals surface area (Å²) in [4.78, 5) is 40.1. The Kier molecular flexibility index (Phi) is 6.58. The van der Waals surface area contributed by atoms with Gasteiger partial charge in [-0.3, -0.25) is 9.20 Å². The number of aryl methyl sites for hydroxylation is 1. The van der Waals surface area contributed by atoms with Gasteiger partial charge in [0.2, 0.25) is 0 Å². The number of amides is 3. The predicted octanol–water partition coefficient (Wildman–Crippen LogP) is 3.23. The fourth-order valence-electron chi connectivity index (χ4n) is 7.59. The molecule has 12 nitrogen and oxygen atoms in total. The van der Waals surface area contributed by atoms with Gasteiger partial charge in [0.05, 0.1) is 49.4 Å². The smallest absolute Gasteiger partial charge is 0.318 e. The molecule has 1 saturated carbocycles. The second-order valence-electron chi connectivity index (χ2n) is 13.4. The number of urea groups is 1. The molecule has 3 aliphatic heterocycles. The van der Waals surface area contributed by atoms with Crippen LogP contribution in [-0.4, -0.2) is 90.2 Å². The van der Waals surface area contributed by atoms with Crippen LogP contribution < -0.4 is 15.8 Å². The molecule has 3 saturated heterocycles. The highest BCUT2D eigenvalue weighted by Gasteiger charge is 2.47. The third kappa shape index (κ3) is 4.64. The quantitative estimate of drug-likeness (QED) is 0.291. The maximum atomic E-state index is 13.8. The van der Waals surface area contributed by atoms with Crippen LogP contribution in [0.25, 0.3) is 28.1 Å². The first-order valence-corrected chi connectivity index (χ1v) is 16.1. The Hall–Kier alpha value is -4.16. The Labute approximate surface area is 261 Å². The van der Waals surface area contributed by atoms with E-state index in [0.717, 1.165) is 59.6 Å². The van der Waals surface area contributed by atoms with Crippen molar-refractivity contribution < 1.29 is 19.4 Å². The van der Waals surface area contributed by atoms with Crippen LogP contribution in [0.3, 0.4) is 0 Å². The van der Waals surface area contributed by atoms with Gasteiger partial charge in [-0.1, -0.05) is 0 Å². The van der Waals surface area contributed by atoms with Crippen molar-refractivity contribution in [1.82, 2.24) is 34.1 Å². The summed E-state index contributed by atoms with van der Waals surface area (Å²) in [6, 6.07) is 9.67. The van der Waals surface area contributed by atoms with Crippen LogP contribution >= 0.6 is 0 Å². The first-order valence-electron chi connectivity index (χ1n) is 16.1. The second-order valence-corrected chi connectivity index (χ2v) is 13.4. The van der Waals surface area contributed by atoms with Gasteiger partial charge in [0.15, 0.2) is 5.88 Å². The number of hydrogen-bond donors (Lipinski definition) is 3. The Balaban J connectivity index is 1.17. The van der Waals surface area contributed by atoms with Gasteiger partial charge in [-0.15, -0.1) is 0 Å². The number of imidazole rings is 1. The number of ether oxygens (including phenoxy) is 1. The molecule has 7 heterocycles. The monoisotopic (exact) mass is 612 g/mol. The first-order chi connectivity index (χ1) is 21.7. The van der Waals surface area contributed by atoms with Crippen molar-refractivity contribution in [3.05, 3.63) is 47.3 Å². The fraction of sp³-hybridized carbons (Fsp3) is 0.515. The molecule has 0 spiro atoms. The van der Waals surface area contributed by atoms with Gasteiger partial charge < -0.3 is 35.3 Å². The van der Waals surface area contributed by atoms with Gasteiger partial charge in [-0.05, 0) is 76.1 Å². The number of carbonyl (C=O) groups is 2. The van der Waals surface area contributed by atoms with Crippen molar-refractivity contribution in [3.63, 3.8) is 0 Å². The zero-order valence-electron chi connectivity index (χ0n) is 25.9. The highest BCUT2D eigenvalue weighted by atomic mass is 16.5. The molecule has 0 radical (unpaired) electrons. The maximum absolute atomic E-state index is 13.8. The van der Waals surface area contributed by atoms with E-state index in [0.29, 0.717) is 36.1 Å². The van der Waals surface area contributed by atoms with E-state index < -0.39 is 6.10 Å². The lowest BCUT2D eigenvalue weighted by Gasteiger charge is -2.36. The fourth-order valence-corrected chi connectivity index (χ4v) is 7.59. The number of pyridine rings is 2. The number of nitrogens with one attached hydrogen (secondary N) is 1. The Morgan fingerprint density at radius 1 is 1.13 bits per heavy atom.